The van der Waals surface area contributed by atoms with E-state index in [-0.39, 0.29) is 17.4 Å². The standard InChI is InChI=1S/C16H15N5O/c1-21-9-13(14(20-21)15(17)18)19-16(22)12-7-6-10-4-2-3-5-11(10)8-12/h2-9H,1H3,(H3,17,18)(H,19,22). The molecule has 0 fully saturated rings. The summed E-state index contributed by atoms with van der Waals surface area (Å²) >= 11 is 0. The normalized spacial score (nSPS) is 10.6. The van der Waals surface area contributed by atoms with E-state index in [2.05, 4.69) is 10.4 Å². The summed E-state index contributed by atoms with van der Waals surface area (Å²) in [6.07, 6.45) is 1.62. The average Bonchev–Trinajstić information content (AvgIpc) is 2.87. The van der Waals surface area contributed by atoms with Gasteiger partial charge < -0.3 is 11.1 Å². The van der Waals surface area contributed by atoms with Gasteiger partial charge in [-0.1, -0.05) is 30.3 Å². The number of amides is 1. The first kappa shape index (κ1) is 13.8. The van der Waals surface area contributed by atoms with Gasteiger partial charge in [0.2, 0.25) is 0 Å². The first-order valence-electron chi connectivity index (χ1n) is 6.73. The molecule has 0 radical (unpaired) electrons. The molecule has 0 aliphatic carbocycles. The average molecular weight is 293 g/mol. The van der Waals surface area contributed by atoms with Crippen molar-refractivity contribution in [2.75, 3.05) is 5.32 Å². The number of benzene rings is 2. The van der Waals surface area contributed by atoms with Crippen LogP contribution in [0, 0.1) is 5.41 Å². The Labute approximate surface area is 127 Å². The maximum Gasteiger partial charge on any atom is 0.255 e. The lowest BCUT2D eigenvalue weighted by molar-refractivity contribution is 0.102. The molecule has 3 aromatic rings. The third-order valence-corrected chi connectivity index (χ3v) is 3.34. The molecule has 0 atom stereocenters. The molecule has 2 aromatic carbocycles. The molecule has 1 amide bonds. The van der Waals surface area contributed by atoms with Gasteiger partial charge in [-0.15, -0.1) is 0 Å². The zero-order valence-corrected chi connectivity index (χ0v) is 12.0. The molecule has 1 aromatic heterocycles. The highest BCUT2D eigenvalue weighted by atomic mass is 16.1. The lowest BCUT2D eigenvalue weighted by Crippen LogP contribution is -2.17. The van der Waals surface area contributed by atoms with E-state index >= 15 is 0 Å². The number of nitrogens with zero attached hydrogens (tertiary/aromatic N) is 2. The number of fused-ring (bicyclic) bond motifs is 1. The van der Waals surface area contributed by atoms with Crippen molar-refractivity contribution in [1.29, 1.82) is 5.41 Å². The van der Waals surface area contributed by atoms with Crippen LogP contribution in [0.2, 0.25) is 0 Å². The van der Waals surface area contributed by atoms with Gasteiger partial charge in [-0.3, -0.25) is 14.9 Å². The number of hydrogen-bond acceptors (Lipinski definition) is 3. The van der Waals surface area contributed by atoms with Crippen molar-refractivity contribution in [2.45, 2.75) is 0 Å². The molecule has 1 heterocycles. The second-order valence-electron chi connectivity index (χ2n) is 4.99. The minimum Gasteiger partial charge on any atom is -0.382 e. The Bertz CT molecular complexity index is 881. The topological polar surface area (TPSA) is 96.8 Å². The van der Waals surface area contributed by atoms with Crippen LogP contribution in [0.5, 0.6) is 0 Å². The van der Waals surface area contributed by atoms with Crippen LogP contribution in [-0.4, -0.2) is 21.5 Å². The number of aryl methyl sites for hydroxylation is 1. The Morgan fingerprint density at radius 1 is 1.23 bits per heavy atom. The molecule has 4 N–H and O–H groups in total. The molecule has 0 saturated carbocycles. The van der Waals surface area contributed by atoms with E-state index in [0.717, 1.165) is 10.8 Å². The number of nitrogens with one attached hydrogen (secondary N) is 2. The van der Waals surface area contributed by atoms with Gasteiger partial charge in [-0.2, -0.15) is 5.10 Å². The van der Waals surface area contributed by atoms with E-state index in [9.17, 15) is 4.79 Å². The van der Waals surface area contributed by atoms with Crippen molar-refractivity contribution >= 4 is 28.2 Å². The zero-order chi connectivity index (χ0) is 15.7. The highest BCUT2D eigenvalue weighted by Crippen LogP contribution is 2.18. The number of aromatic nitrogens is 2. The number of amidine groups is 1. The third kappa shape index (κ3) is 2.54. The number of nitrogens with two attached hydrogens (primary N) is 1. The number of anilines is 1. The molecule has 0 aliphatic rings. The van der Waals surface area contributed by atoms with Gasteiger partial charge in [0, 0.05) is 18.8 Å². The van der Waals surface area contributed by atoms with Gasteiger partial charge in [-0.25, -0.2) is 0 Å². The largest absolute Gasteiger partial charge is 0.382 e. The maximum absolute atomic E-state index is 12.4. The number of carbonyl (C=O) groups is 1. The molecular formula is C16H15N5O. The Kier molecular flexibility index (Phi) is 3.34. The smallest absolute Gasteiger partial charge is 0.255 e. The van der Waals surface area contributed by atoms with E-state index in [1.165, 1.54) is 4.68 Å². The van der Waals surface area contributed by atoms with Gasteiger partial charge in [0.1, 0.15) is 11.5 Å². The van der Waals surface area contributed by atoms with Crippen LogP contribution in [0.1, 0.15) is 16.1 Å². The van der Waals surface area contributed by atoms with E-state index in [1.54, 1.807) is 19.3 Å². The van der Waals surface area contributed by atoms with Gasteiger partial charge >= 0.3 is 0 Å². The third-order valence-electron chi connectivity index (χ3n) is 3.34. The van der Waals surface area contributed by atoms with Crippen LogP contribution in [0.15, 0.2) is 48.7 Å². The summed E-state index contributed by atoms with van der Waals surface area (Å²) in [5, 5.41) is 16.4. The van der Waals surface area contributed by atoms with Crippen LogP contribution < -0.4 is 11.1 Å². The van der Waals surface area contributed by atoms with Crippen molar-refractivity contribution in [3.05, 3.63) is 59.9 Å². The molecule has 3 rings (SSSR count). The summed E-state index contributed by atoms with van der Waals surface area (Å²) in [5.74, 6) is -0.448. The van der Waals surface area contributed by atoms with Gasteiger partial charge in [-0.05, 0) is 22.9 Å². The summed E-state index contributed by atoms with van der Waals surface area (Å²) < 4.78 is 1.51. The SMILES string of the molecule is Cn1cc(NC(=O)c2ccc3ccccc3c2)c(C(=N)N)n1. The fraction of sp³-hybridized carbons (Fsp3) is 0.0625. The fourth-order valence-electron chi connectivity index (χ4n) is 2.30. The van der Waals surface area contributed by atoms with E-state index in [4.69, 9.17) is 11.1 Å². The summed E-state index contributed by atoms with van der Waals surface area (Å²) in [5.41, 5.74) is 6.70. The predicted octanol–water partition coefficient (Wildman–Crippen LogP) is 2.11. The van der Waals surface area contributed by atoms with Crippen molar-refractivity contribution < 1.29 is 4.79 Å². The highest BCUT2D eigenvalue weighted by molar-refractivity contribution is 6.09. The van der Waals surface area contributed by atoms with Crippen molar-refractivity contribution in [3.8, 4) is 0 Å². The molecule has 0 unspecified atom stereocenters. The Hall–Kier alpha value is -3.15. The molecule has 6 heteroatoms. The van der Waals surface area contributed by atoms with Crippen molar-refractivity contribution in [1.82, 2.24) is 9.78 Å². The molecule has 22 heavy (non-hydrogen) atoms. The summed E-state index contributed by atoms with van der Waals surface area (Å²) in [6, 6.07) is 13.3. The van der Waals surface area contributed by atoms with Crippen LogP contribution in [0.25, 0.3) is 10.8 Å². The molecule has 0 spiro atoms. The minimum atomic E-state index is -0.263. The Balaban J connectivity index is 1.91. The molecule has 0 saturated heterocycles. The molecule has 6 nitrogen and oxygen atoms in total. The second kappa shape index (κ2) is 5.33. The van der Waals surface area contributed by atoms with E-state index in [0.29, 0.717) is 11.3 Å². The van der Waals surface area contributed by atoms with Crippen LogP contribution in [0.3, 0.4) is 0 Å². The first-order chi connectivity index (χ1) is 10.5. The number of nitrogen functional groups attached to an aromatic ring is 1. The lowest BCUT2D eigenvalue weighted by Gasteiger charge is -2.06. The molecular weight excluding hydrogens is 278 g/mol. The Morgan fingerprint density at radius 2 is 1.95 bits per heavy atom. The number of hydrogen-bond donors (Lipinski definition) is 3. The van der Waals surface area contributed by atoms with Crippen molar-refractivity contribution in [3.63, 3.8) is 0 Å². The van der Waals surface area contributed by atoms with Gasteiger partial charge in [0.15, 0.2) is 0 Å². The predicted molar refractivity (Wildman–Crippen MR) is 86.1 cm³/mol. The quantitative estimate of drug-likeness (QED) is 0.509. The zero-order valence-electron chi connectivity index (χ0n) is 12.0. The second-order valence-corrected chi connectivity index (χ2v) is 4.99. The van der Waals surface area contributed by atoms with Crippen LogP contribution in [-0.2, 0) is 7.05 Å². The maximum atomic E-state index is 12.4. The van der Waals surface area contributed by atoms with E-state index < -0.39 is 0 Å². The molecule has 110 valence electrons. The van der Waals surface area contributed by atoms with Crippen LogP contribution >= 0.6 is 0 Å². The Morgan fingerprint density at radius 3 is 2.68 bits per heavy atom. The summed E-state index contributed by atoms with van der Waals surface area (Å²) in [6.45, 7) is 0. The van der Waals surface area contributed by atoms with E-state index in [1.807, 2.05) is 36.4 Å². The lowest BCUT2D eigenvalue weighted by atomic mass is 10.1. The van der Waals surface area contributed by atoms with Crippen LogP contribution in [0.4, 0.5) is 5.69 Å². The minimum absolute atomic E-state index is 0.186. The summed E-state index contributed by atoms with van der Waals surface area (Å²) in [7, 11) is 1.71. The molecule has 0 bridgehead atoms. The summed E-state index contributed by atoms with van der Waals surface area (Å²) in [4.78, 5) is 12.4. The van der Waals surface area contributed by atoms with Gasteiger partial charge in [0.05, 0.1) is 5.69 Å². The fourth-order valence-corrected chi connectivity index (χ4v) is 2.30. The molecule has 0 aliphatic heterocycles. The highest BCUT2D eigenvalue weighted by Gasteiger charge is 2.14. The number of carbonyl (C=O) groups excluding carboxylic acids is 1. The number of rotatable bonds is 3. The van der Waals surface area contributed by atoms with Crippen molar-refractivity contribution in [2.24, 2.45) is 12.8 Å². The first-order valence-corrected chi connectivity index (χ1v) is 6.73. The van der Waals surface area contributed by atoms with Gasteiger partial charge in [0.25, 0.3) is 5.91 Å². The monoisotopic (exact) mass is 293 g/mol.